The molecule has 0 aliphatic heterocycles. The van der Waals surface area contributed by atoms with Crippen LogP contribution >= 0.6 is 11.3 Å². The largest absolute Gasteiger partial charge is 0.306 e. The molecule has 0 amide bonds. The molecule has 1 aromatic heterocycles. The fraction of sp³-hybridized carbons (Fsp3) is 0.500. The number of thiazole rings is 1. The molecule has 1 aromatic rings. The molecule has 2 nitrogen and oxygen atoms in total. The summed E-state index contributed by atoms with van der Waals surface area (Å²) in [5.41, 5.74) is 1.85. The van der Waals surface area contributed by atoms with Crippen molar-refractivity contribution in [3.63, 3.8) is 0 Å². The predicted octanol–water partition coefficient (Wildman–Crippen LogP) is 2.21. The summed E-state index contributed by atoms with van der Waals surface area (Å²) in [6, 6.07) is 0.706. The molecule has 1 N–H and O–H groups in total. The highest BCUT2D eigenvalue weighted by Gasteiger charge is 2.09. The molecule has 0 saturated heterocycles. The van der Waals surface area contributed by atoms with E-state index in [1.54, 1.807) is 11.3 Å². The van der Waals surface area contributed by atoms with E-state index in [0.717, 1.165) is 6.42 Å². The molecule has 0 aliphatic carbocycles. The summed E-state index contributed by atoms with van der Waals surface area (Å²) < 4.78 is 0. The molecule has 0 saturated carbocycles. The Kier molecular flexibility index (Phi) is 3.94. The highest BCUT2D eigenvalue weighted by molar-refractivity contribution is 7.09. The Bertz CT molecular complexity index is 274. The van der Waals surface area contributed by atoms with E-state index in [1.807, 2.05) is 11.7 Å². The summed E-state index contributed by atoms with van der Waals surface area (Å²) in [4.78, 5) is 5.29. The Morgan fingerprint density at radius 3 is 3.00 bits per heavy atom. The number of rotatable bonds is 4. The van der Waals surface area contributed by atoms with E-state index in [4.69, 9.17) is 6.42 Å². The highest BCUT2D eigenvalue weighted by Crippen LogP contribution is 2.16. The van der Waals surface area contributed by atoms with Gasteiger partial charge in [0, 0.05) is 29.6 Å². The van der Waals surface area contributed by atoms with Gasteiger partial charge in [-0.05, 0) is 13.8 Å². The molecule has 1 heterocycles. The maximum Gasteiger partial charge on any atom is 0.0794 e. The number of aromatic nitrogens is 1. The van der Waals surface area contributed by atoms with Gasteiger partial charge in [-0.3, -0.25) is 4.98 Å². The van der Waals surface area contributed by atoms with Gasteiger partial charge in [0.25, 0.3) is 0 Å². The molecular weight excluding hydrogens is 180 g/mol. The van der Waals surface area contributed by atoms with Crippen LogP contribution in [0.5, 0.6) is 0 Å². The fourth-order valence-corrected chi connectivity index (χ4v) is 1.82. The van der Waals surface area contributed by atoms with Crippen LogP contribution in [0.3, 0.4) is 0 Å². The van der Waals surface area contributed by atoms with Crippen LogP contribution in [0.25, 0.3) is 0 Å². The van der Waals surface area contributed by atoms with Crippen LogP contribution in [-0.4, -0.2) is 11.0 Å². The first-order valence-electron chi connectivity index (χ1n) is 4.32. The van der Waals surface area contributed by atoms with Crippen LogP contribution < -0.4 is 5.32 Å². The Balaban J connectivity index is 2.42. The molecule has 0 aliphatic rings. The molecule has 0 spiro atoms. The van der Waals surface area contributed by atoms with Gasteiger partial charge in [0.2, 0.25) is 0 Å². The highest BCUT2D eigenvalue weighted by atomic mass is 32.1. The third-order valence-electron chi connectivity index (χ3n) is 1.84. The second kappa shape index (κ2) is 5.00. The first-order chi connectivity index (χ1) is 6.24. The van der Waals surface area contributed by atoms with Crippen molar-refractivity contribution in [2.45, 2.75) is 32.4 Å². The maximum absolute atomic E-state index is 5.22. The van der Waals surface area contributed by atoms with Crippen LogP contribution in [0.15, 0.2) is 11.7 Å². The average Bonchev–Trinajstić information content (AvgIpc) is 2.55. The van der Waals surface area contributed by atoms with Gasteiger partial charge in [0.1, 0.15) is 0 Å². The van der Waals surface area contributed by atoms with Crippen LogP contribution in [0.2, 0.25) is 0 Å². The first-order valence-corrected chi connectivity index (χ1v) is 5.20. The van der Waals surface area contributed by atoms with E-state index in [2.05, 4.69) is 30.1 Å². The number of nitrogens with zero attached hydrogens (tertiary/aromatic N) is 1. The zero-order valence-electron chi connectivity index (χ0n) is 7.95. The van der Waals surface area contributed by atoms with Gasteiger partial charge >= 0.3 is 0 Å². The Morgan fingerprint density at radius 2 is 2.46 bits per heavy atom. The lowest BCUT2D eigenvalue weighted by atomic mass is 10.2. The zero-order valence-corrected chi connectivity index (χ0v) is 8.77. The number of nitrogens with one attached hydrogen (secondary N) is 1. The summed E-state index contributed by atoms with van der Waals surface area (Å²) >= 11 is 1.67. The maximum atomic E-state index is 5.22. The van der Waals surface area contributed by atoms with Gasteiger partial charge in [-0.15, -0.1) is 23.7 Å². The lowest BCUT2D eigenvalue weighted by molar-refractivity contribution is 0.491. The summed E-state index contributed by atoms with van der Waals surface area (Å²) in [7, 11) is 0. The minimum atomic E-state index is 0.343. The standard InChI is InChI=1S/C10H14N2S/c1-4-5-8(2)12-9(3)10-6-11-7-13-10/h1,6-9,12H,5H2,2-3H3. The van der Waals surface area contributed by atoms with Gasteiger partial charge in [-0.2, -0.15) is 0 Å². The van der Waals surface area contributed by atoms with Gasteiger partial charge in [-0.1, -0.05) is 0 Å². The molecule has 2 atom stereocenters. The summed E-state index contributed by atoms with van der Waals surface area (Å²) in [6.45, 7) is 4.22. The van der Waals surface area contributed by atoms with Crippen molar-refractivity contribution in [2.24, 2.45) is 0 Å². The van der Waals surface area contributed by atoms with Gasteiger partial charge < -0.3 is 5.32 Å². The normalized spacial score (nSPS) is 14.8. The molecule has 0 radical (unpaired) electrons. The second-order valence-electron chi connectivity index (χ2n) is 3.10. The van der Waals surface area contributed by atoms with E-state index < -0.39 is 0 Å². The van der Waals surface area contributed by atoms with E-state index in [1.165, 1.54) is 4.88 Å². The Labute approximate surface area is 83.4 Å². The average molecular weight is 194 g/mol. The van der Waals surface area contributed by atoms with E-state index in [9.17, 15) is 0 Å². The molecule has 13 heavy (non-hydrogen) atoms. The molecular formula is C10H14N2S. The van der Waals surface area contributed by atoms with Crippen molar-refractivity contribution >= 4 is 11.3 Å². The van der Waals surface area contributed by atoms with Crippen LogP contribution in [0, 0.1) is 12.3 Å². The van der Waals surface area contributed by atoms with Crippen molar-refractivity contribution in [3.05, 3.63) is 16.6 Å². The van der Waals surface area contributed by atoms with Crippen molar-refractivity contribution in [2.75, 3.05) is 0 Å². The van der Waals surface area contributed by atoms with E-state index in [-0.39, 0.29) is 0 Å². The topological polar surface area (TPSA) is 24.9 Å². The molecule has 3 heteroatoms. The predicted molar refractivity (Wildman–Crippen MR) is 56.6 cm³/mol. The van der Waals surface area contributed by atoms with Gasteiger partial charge in [0.15, 0.2) is 0 Å². The monoisotopic (exact) mass is 194 g/mol. The van der Waals surface area contributed by atoms with Crippen LogP contribution in [0.1, 0.15) is 31.2 Å². The minimum Gasteiger partial charge on any atom is -0.306 e. The Hall–Kier alpha value is -0.850. The van der Waals surface area contributed by atoms with Crippen LogP contribution in [0.4, 0.5) is 0 Å². The lowest BCUT2D eigenvalue weighted by Crippen LogP contribution is -2.27. The smallest absolute Gasteiger partial charge is 0.0794 e. The number of terminal acetylenes is 1. The quantitative estimate of drug-likeness (QED) is 0.743. The molecule has 70 valence electrons. The third-order valence-corrected chi connectivity index (χ3v) is 2.80. The molecule has 1 rings (SSSR count). The van der Waals surface area contributed by atoms with Crippen molar-refractivity contribution < 1.29 is 0 Å². The SMILES string of the molecule is C#CCC(C)NC(C)c1cncs1. The molecule has 0 fully saturated rings. The fourth-order valence-electron chi connectivity index (χ4n) is 1.18. The first kappa shape index (κ1) is 10.2. The summed E-state index contributed by atoms with van der Waals surface area (Å²) in [5.74, 6) is 2.64. The summed E-state index contributed by atoms with van der Waals surface area (Å²) in [6.07, 6.45) is 7.88. The zero-order chi connectivity index (χ0) is 9.68. The van der Waals surface area contributed by atoms with Crippen molar-refractivity contribution in [1.82, 2.24) is 10.3 Å². The number of hydrogen-bond donors (Lipinski definition) is 1. The van der Waals surface area contributed by atoms with Crippen molar-refractivity contribution in [3.8, 4) is 12.3 Å². The molecule has 0 aromatic carbocycles. The third kappa shape index (κ3) is 3.17. The van der Waals surface area contributed by atoms with E-state index in [0.29, 0.717) is 12.1 Å². The second-order valence-corrected chi connectivity index (χ2v) is 4.02. The summed E-state index contributed by atoms with van der Waals surface area (Å²) in [5, 5.41) is 3.41. The Morgan fingerprint density at radius 1 is 1.69 bits per heavy atom. The lowest BCUT2D eigenvalue weighted by Gasteiger charge is -2.16. The minimum absolute atomic E-state index is 0.343. The van der Waals surface area contributed by atoms with Gasteiger partial charge in [-0.25, -0.2) is 0 Å². The van der Waals surface area contributed by atoms with Crippen molar-refractivity contribution in [1.29, 1.82) is 0 Å². The van der Waals surface area contributed by atoms with Crippen LogP contribution in [-0.2, 0) is 0 Å². The molecule has 2 unspecified atom stereocenters. The van der Waals surface area contributed by atoms with E-state index >= 15 is 0 Å². The number of hydrogen-bond acceptors (Lipinski definition) is 3. The molecule has 0 bridgehead atoms. The van der Waals surface area contributed by atoms with Gasteiger partial charge in [0.05, 0.1) is 5.51 Å².